The van der Waals surface area contributed by atoms with Crippen LogP contribution in [-0.2, 0) is 13.0 Å². The van der Waals surface area contributed by atoms with Crippen molar-refractivity contribution in [3.05, 3.63) is 112 Å². The Morgan fingerprint density at radius 3 is 2.63 bits per heavy atom. The summed E-state index contributed by atoms with van der Waals surface area (Å²) in [5, 5.41) is 13.2. The molecule has 3 aromatic carbocycles. The predicted octanol–water partition coefficient (Wildman–Crippen LogP) is 6.47. The van der Waals surface area contributed by atoms with E-state index in [1.807, 2.05) is 18.2 Å². The predicted molar refractivity (Wildman–Crippen MR) is 199 cm³/mol. The maximum Gasteiger partial charge on any atom is 0.252 e. The molecule has 6 aliphatic rings. The number of phenolic OH excluding ortho intramolecular Hbond substituents is 1. The third-order valence-electron chi connectivity index (χ3n) is 13.3. The lowest BCUT2D eigenvalue weighted by atomic mass is 9.57. The molecule has 2 N–H and O–H groups in total. The summed E-state index contributed by atoms with van der Waals surface area (Å²) in [6.07, 6.45) is 9.38. The first-order valence-corrected chi connectivity index (χ1v) is 19.1. The summed E-state index contributed by atoms with van der Waals surface area (Å²) >= 11 is 0. The van der Waals surface area contributed by atoms with Crippen LogP contribution in [0.25, 0.3) is 0 Å². The summed E-state index contributed by atoms with van der Waals surface area (Å²) in [6, 6.07) is 25.9. The van der Waals surface area contributed by atoms with E-state index in [4.69, 9.17) is 9.72 Å². The van der Waals surface area contributed by atoms with Gasteiger partial charge in [-0.05, 0) is 108 Å². The molecule has 8 nitrogen and oxygen atoms in total. The van der Waals surface area contributed by atoms with Crippen LogP contribution in [0.1, 0.15) is 82.1 Å². The second-order valence-corrected chi connectivity index (χ2v) is 16.2. The number of benzene rings is 3. The molecule has 2 aliphatic carbocycles. The van der Waals surface area contributed by atoms with Crippen molar-refractivity contribution < 1.29 is 14.6 Å². The number of phenols is 1. The normalized spacial score (nSPS) is 25.3. The smallest absolute Gasteiger partial charge is 0.252 e. The highest BCUT2D eigenvalue weighted by Gasteiger charge is 2.47. The second-order valence-electron chi connectivity index (χ2n) is 16.2. The number of aromatic nitrogens is 1. The number of piperazine rings is 1. The van der Waals surface area contributed by atoms with E-state index in [1.165, 1.54) is 54.5 Å². The van der Waals surface area contributed by atoms with Gasteiger partial charge in [-0.25, -0.2) is 4.98 Å². The molecular formula is C43H47N5O3. The van der Waals surface area contributed by atoms with E-state index < -0.39 is 0 Å². The molecule has 0 bridgehead atoms. The second kappa shape index (κ2) is 12.3. The number of amides is 1. The Kier molecular flexibility index (Phi) is 7.52. The van der Waals surface area contributed by atoms with Gasteiger partial charge in [0.2, 0.25) is 0 Å². The molecule has 10 rings (SSSR count). The van der Waals surface area contributed by atoms with Crippen LogP contribution in [0.2, 0.25) is 0 Å². The Morgan fingerprint density at radius 2 is 1.80 bits per heavy atom. The summed E-state index contributed by atoms with van der Waals surface area (Å²) in [5.74, 6) is 3.79. The van der Waals surface area contributed by atoms with Crippen molar-refractivity contribution in [2.75, 3.05) is 55.7 Å². The van der Waals surface area contributed by atoms with Gasteiger partial charge in [0.1, 0.15) is 23.9 Å². The fourth-order valence-electron chi connectivity index (χ4n) is 10.7. The molecule has 3 atom stereocenters. The number of carbonyl (C=O) groups excluding carboxylic acids is 1. The van der Waals surface area contributed by atoms with Gasteiger partial charge in [-0.15, -0.1) is 0 Å². The molecule has 1 saturated carbocycles. The van der Waals surface area contributed by atoms with E-state index in [-0.39, 0.29) is 11.8 Å². The first kappa shape index (κ1) is 31.2. The van der Waals surface area contributed by atoms with Crippen LogP contribution in [-0.4, -0.2) is 72.8 Å². The molecular weight excluding hydrogens is 635 g/mol. The molecule has 4 aliphatic heterocycles. The van der Waals surface area contributed by atoms with Gasteiger partial charge < -0.3 is 25.0 Å². The standard InChI is InChI=1S/C43H47N5O3/c49-33-8-10-35-30(20-33)6-9-34(29-4-2-1-3-5-29)40(35)31-7-13-39(44-23-31)47-16-14-43(15-17-47)21-28(22-43)25-46-18-19-48-32(26-46)27-51-41-37-24-45-42(50)36(37)11-12-38(41)48/h1-5,7-8,10-13,20,23,28,32,34,40,49H,6,9,14-19,21-22,24-27H2,(H,45,50). The Hall–Kier alpha value is -4.56. The minimum absolute atomic E-state index is 0.0142. The van der Waals surface area contributed by atoms with Crippen LogP contribution >= 0.6 is 0 Å². The highest BCUT2D eigenvalue weighted by atomic mass is 16.5. The zero-order valence-corrected chi connectivity index (χ0v) is 29.3. The number of rotatable bonds is 5. The van der Waals surface area contributed by atoms with E-state index in [9.17, 15) is 9.90 Å². The quantitative estimate of drug-likeness (QED) is 0.250. The van der Waals surface area contributed by atoms with Crippen molar-refractivity contribution in [3.63, 3.8) is 0 Å². The first-order chi connectivity index (χ1) is 25.0. The molecule has 2 saturated heterocycles. The summed E-state index contributed by atoms with van der Waals surface area (Å²) in [6.45, 7) is 7.78. The number of pyridine rings is 1. The topological polar surface area (TPSA) is 81.2 Å². The van der Waals surface area contributed by atoms with Gasteiger partial charge >= 0.3 is 0 Å². The van der Waals surface area contributed by atoms with Crippen molar-refractivity contribution in [1.82, 2.24) is 15.2 Å². The maximum absolute atomic E-state index is 12.2. The number of piperidine rings is 1. The lowest BCUT2D eigenvalue weighted by molar-refractivity contribution is 0.00292. The number of anilines is 2. The highest BCUT2D eigenvalue weighted by molar-refractivity contribution is 6.00. The highest BCUT2D eigenvalue weighted by Crippen LogP contribution is 2.53. The lowest BCUT2D eigenvalue weighted by Gasteiger charge is -2.54. The van der Waals surface area contributed by atoms with Crippen LogP contribution in [0, 0.1) is 11.3 Å². The first-order valence-electron chi connectivity index (χ1n) is 19.1. The number of aryl methyl sites for hydroxylation is 1. The molecule has 1 aromatic heterocycles. The summed E-state index contributed by atoms with van der Waals surface area (Å²) in [7, 11) is 0. The number of nitrogens with zero attached hydrogens (tertiary/aromatic N) is 4. The Bertz CT molecular complexity index is 1950. The van der Waals surface area contributed by atoms with Crippen LogP contribution in [0.5, 0.6) is 11.5 Å². The molecule has 1 spiro atoms. The van der Waals surface area contributed by atoms with E-state index >= 15 is 0 Å². The molecule has 0 radical (unpaired) electrons. The average Bonchev–Trinajstić information content (AvgIpc) is 3.54. The van der Waals surface area contributed by atoms with Crippen LogP contribution in [0.4, 0.5) is 11.5 Å². The van der Waals surface area contributed by atoms with E-state index in [2.05, 4.69) is 80.8 Å². The Labute approximate surface area is 300 Å². The number of aromatic hydroxyl groups is 1. The van der Waals surface area contributed by atoms with Gasteiger partial charge in [0, 0.05) is 69.1 Å². The molecule has 5 heterocycles. The SMILES string of the molecule is O=C1NCc2c1ccc1c2OCC2CN(CC3CC4(CCN(c5ccc(C6c7ccc(O)cc7CCC6c6ccccc6)cn5)CC4)C3)CCN12. The van der Waals surface area contributed by atoms with Gasteiger partial charge in [0.25, 0.3) is 5.91 Å². The zero-order valence-electron chi connectivity index (χ0n) is 29.3. The minimum atomic E-state index is 0.0142. The third kappa shape index (κ3) is 5.45. The van der Waals surface area contributed by atoms with Crippen LogP contribution < -0.4 is 19.9 Å². The molecule has 3 fully saturated rings. The van der Waals surface area contributed by atoms with E-state index in [0.29, 0.717) is 36.3 Å². The molecule has 4 aromatic rings. The fraction of sp³-hybridized carbons (Fsp3) is 0.442. The average molecular weight is 682 g/mol. The minimum Gasteiger partial charge on any atom is -0.508 e. The van der Waals surface area contributed by atoms with Crippen LogP contribution in [0.3, 0.4) is 0 Å². The maximum atomic E-state index is 12.2. The largest absolute Gasteiger partial charge is 0.508 e. The number of hydrogen-bond donors (Lipinski definition) is 2. The number of carbonyl (C=O) groups is 1. The number of nitrogens with one attached hydrogen (secondary N) is 1. The number of fused-ring (bicyclic) bond motifs is 6. The number of hydrogen-bond acceptors (Lipinski definition) is 7. The van der Waals surface area contributed by atoms with Crippen molar-refractivity contribution in [3.8, 4) is 11.5 Å². The molecule has 51 heavy (non-hydrogen) atoms. The van der Waals surface area contributed by atoms with Gasteiger partial charge in [-0.1, -0.05) is 42.5 Å². The van der Waals surface area contributed by atoms with E-state index in [0.717, 1.165) is 79.9 Å². The summed E-state index contributed by atoms with van der Waals surface area (Å²) < 4.78 is 6.31. The molecule has 1 amide bonds. The van der Waals surface area contributed by atoms with Crippen LogP contribution in [0.15, 0.2) is 79.0 Å². The van der Waals surface area contributed by atoms with Gasteiger partial charge in [-0.3, -0.25) is 9.69 Å². The molecule has 262 valence electrons. The Morgan fingerprint density at radius 1 is 0.941 bits per heavy atom. The lowest BCUT2D eigenvalue weighted by Crippen LogP contribution is -2.59. The van der Waals surface area contributed by atoms with Crippen molar-refractivity contribution in [2.24, 2.45) is 11.3 Å². The van der Waals surface area contributed by atoms with Gasteiger partial charge in [-0.2, -0.15) is 0 Å². The summed E-state index contributed by atoms with van der Waals surface area (Å²) in [5.41, 5.74) is 8.68. The fourth-order valence-corrected chi connectivity index (χ4v) is 10.7. The Balaban J connectivity index is 0.751. The number of ether oxygens (including phenoxy) is 1. The van der Waals surface area contributed by atoms with Gasteiger partial charge in [0.05, 0.1) is 11.7 Å². The van der Waals surface area contributed by atoms with E-state index in [1.54, 1.807) is 0 Å². The molecule has 3 unspecified atom stereocenters. The van der Waals surface area contributed by atoms with Crippen molar-refractivity contribution in [1.29, 1.82) is 0 Å². The van der Waals surface area contributed by atoms with Crippen molar-refractivity contribution >= 4 is 17.4 Å². The monoisotopic (exact) mass is 681 g/mol. The zero-order chi connectivity index (χ0) is 34.1. The third-order valence-corrected chi connectivity index (χ3v) is 13.3. The summed E-state index contributed by atoms with van der Waals surface area (Å²) in [4.78, 5) is 25.0. The molecule has 8 heteroatoms. The van der Waals surface area contributed by atoms with Gasteiger partial charge in [0.15, 0.2) is 0 Å². The van der Waals surface area contributed by atoms with Crippen molar-refractivity contribution in [2.45, 2.75) is 62.9 Å².